The third-order valence-corrected chi connectivity index (χ3v) is 6.65. The molecule has 2 aromatic carbocycles. The van der Waals surface area contributed by atoms with Crippen molar-refractivity contribution in [2.75, 3.05) is 13.7 Å². The van der Waals surface area contributed by atoms with E-state index in [1.165, 1.54) is 19.2 Å². The Balaban J connectivity index is 1.71. The molecule has 0 radical (unpaired) electrons. The third kappa shape index (κ3) is 4.83. The quantitative estimate of drug-likeness (QED) is 0.505. The highest BCUT2D eigenvalue weighted by Crippen LogP contribution is 2.26. The van der Waals surface area contributed by atoms with E-state index in [4.69, 9.17) is 10.5 Å². The van der Waals surface area contributed by atoms with Gasteiger partial charge in [0.05, 0.1) is 23.7 Å². The van der Waals surface area contributed by atoms with Crippen LogP contribution in [0, 0.1) is 0 Å². The molecule has 3 rings (SSSR count). The van der Waals surface area contributed by atoms with Crippen molar-refractivity contribution >= 4 is 27.3 Å². The Kier molecular flexibility index (Phi) is 6.33. The van der Waals surface area contributed by atoms with Crippen LogP contribution in [-0.4, -0.2) is 33.1 Å². The highest BCUT2D eigenvalue weighted by Gasteiger charge is 2.20. The Bertz CT molecular complexity index is 1090. The van der Waals surface area contributed by atoms with Gasteiger partial charge >= 0.3 is 0 Å². The maximum Gasteiger partial charge on any atom is 0.252 e. The Morgan fingerprint density at radius 1 is 1.21 bits per heavy atom. The van der Waals surface area contributed by atoms with Crippen LogP contribution in [0.4, 0.5) is 0 Å². The minimum atomic E-state index is -3.96. The number of aliphatic hydroxyl groups is 1. The van der Waals surface area contributed by atoms with Gasteiger partial charge in [-0.2, -0.15) is 0 Å². The predicted molar refractivity (Wildman–Crippen MR) is 111 cm³/mol. The maximum atomic E-state index is 12.5. The van der Waals surface area contributed by atoms with Crippen LogP contribution in [0.25, 0.3) is 10.4 Å². The number of primary amides is 1. The summed E-state index contributed by atoms with van der Waals surface area (Å²) in [6.45, 7) is -0.224. The number of thiophene rings is 1. The molecule has 3 aromatic rings. The Hall–Kier alpha value is -2.72. The molecule has 0 aliphatic carbocycles. The first-order chi connectivity index (χ1) is 13.8. The Labute approximate surface area is 172 Å². The van der Waals surface area contributed by atoms with Gasteiger partial charge in [-0.3, -0.25) is 4.79 Å². The summed E-state index contributed by atoms with van der Waals surface area (Å²) in [6.07, 6.45) is -1.03. The molecule has 0 saturated heterocycles. The number of carbonyl (C=O) groups is 1. The van der Waals surface area contributed by atoms with E-state index in [1.54, 1.807) is 23.5 Å². The van der Waals surface area contributed by atoms with Gasteiger partial charge in [-0.25, -0.2) is 13.1 Å². The fourth-order valence-electron chi connectivity index (χ4n) is 2.75. The van der Waals surface area contributed by atoms with Crippen molar-refractivity contribution in [2.45, 2.75) is 11.0 Å². The van der Waals surface area contributed by atoms with Crippen LogP contribution in [-0.2, 0) is 10.0 Å². The lowest BCUT2D eigenvalue weighted by atomic mass is 10.1. The predicted octanol–water partition coefficient (Wildman–Crippen LogP) is 2.53. The minimum absolute atomic E-state index is 0.0416. The largest absolute Gasteiger partial charge is 0.496 e. The number of hydrogen-bond donors (Lipinski definition) is 3. The van der Waals surface area contributed by atoms with Crippen LogP contribution < -0.4 is 15.2 Å². The van der Waals surface area contributed by atoms with E-state index >= 15 is 0 Å². The number of nitrogens with one attached hydrogen (secondary N) is 1. The van der Waals surface area contributed by atoms with Crippen molar-refractivity contribution in [3.05, 3.63) is 71.1 Å². The summed E-state index contributed by atoms with van der Waals surface area (Å²) in [7, 11) is -2.60. The second kappa shape index (κ2) is 8.75. The first-order valence-electron chi connectivity index (χ1n) is 8.61. The first-order valence-corrected chi connectivity index (χ1v) is 11.0. The number of ether oxygens (including phenoxy) is 1. The zero-order valence-corrected chi connectivity index (χ0v) is 17.2. The number of methoxy groups -OCH3 is 1. The normalized spacial score (nSPS) is 12.5. The summed E-state index contributed by atoms with van der Waals surface area (Å²) in [4.78, 5) is 12.5. The molecule has 152 valence electrons. The van der Waals surface area contributed by atoms with Gasteiger partial charge in [0.1, 0.15) is 5.75 Å². The van der Waals surface area contributed by atoms with Crippen molar-refractivity contribution in [3.63, 3.8) is 0 Å². The molecular weight excluding hydrogens is 412 g/mol. The molecule has 0 aliphatic rings. The molecule has 0 bridgehead atoms. The molecule has 0 fully saturated rings. The molecule has 7 nitrogen and oxygen atoms in total. The van der Waals surface area contributed by atoms with E-state index in [-0.39, 0.29) is 22.8 Å². The Morgan fingerprint density at radius 2 is 1.93 bits per heavy atom. The molecule has 4 N–H and O–H groups in total. The van der Waals surface area contributed by atoms with E-state index in [2.05, 4.69) is 4.72 Å². The molecule has 1 unspecified atom stereocenters. The van der Waals surface area contributed by atoms with Gasteiger partial charge in [0.25, 0.3) is 5.91 Å². The van der Waals surface area contributed by atoms with Gasteiger partial charge < -0.3 is 15.6 Å². The maximum absolute atomic E-state index is 12.5. The van der Waals surface area contributed by atoms with Crippen molar-refractivity contribution in [1.29, 1.82) is 0 Å². The van der Waals surface area contributed by atoms with Gasteiger partial charge in [0.2, 0.25) is 10.0 Å². The third-order valence-electron chi connectivity index (χ3n) is 4.31. The smallest absolute Gasteiger partial charge is 0.252 e. The average Bonchev–Trinajstić information content (AvgIpc) is 3.26. The van der Waals surface area contributed by atoms with Crippen LogP contribution in [0.5, 0.6) is 5.75 Å². The zero-order chi connectivity index (χ0) is 21.0. The van der Waals surface area contributed by atoms with E-state index in [0.29, 0.717) is 5.56 Å². The van der Waals surface area contributed by atoms with Crippen molar-refractivity contribution < 1.29 is 23.1 Å². The molecule has 9 heteroatoms. The molecule has 1 heterocycles. The van der Waals surface area contributed by atoms with Crippen LogP contribution in [0.15, 0.2) is 64.9 Å². The minimum Gasteiger partial charge on any atom is -0.496 e. The Morgan fingerprint density at radius 3 is 2.52 bits per heavy atom. The summed E-state index contributed by atoms with van der Waals surface area (Å²) >= 11 is 1.61. The highest BCUT2D eigenvalue weighted by molar-refractivity contribution is 7.89. The van der Waals surface area contributed by atoms with E-state index in [9.17, 15) is 18.3 Å². The van der Waals surface area contributed by atoms with Crippen LogP contribution in [0.3, 0.4) is 0 Å². The molecule has 0 aliphatic heterocycles. The van der Waals surface area contributed by atoms with Crippen molar-refractivity contribution in [1.82, 2.24) is 4.72 Å². The number of carbonyl (C=O) groups excluding carboxylic acids is 1. The zero-order valence-electron chi connectivity index (χ0n) is 15.5. The highest BCUT2D eigenvalue weighted by atomic mass is 32.2. The summed E-state index contributed by atoms with van der Waals surface area (Å²) in [5.74, 6) is -0.618. The number of hydrogen-bond acceptors (Lipinski definition) is 6. The summed E-state index contributed by atoms with van der Waals surface area (Å²) in [6, 6.07) is 15.0. The van der Waals surface area contributed by atoms with Gasteiger partial charge in [0.15, 0.2) is 0 Å². The van der Waals surface area contributed by atoms with Gasteiger partial charge in [-0.15, -0.1) is 11.3 Å². The van der Waals surface area contributed by atoms with Gasteiger partial charge in [0, 0.05) is 11.4 Å². The van der Waals surface area contributed by atoms with Gasteiger partial charge in [-0.05, 0) is 40.8 Å². The van der Waals surface area contributed by atoms with Crippen LogP contribution in [0.2, 0.25) is 0 Å². The van der Waals surface area contributed by atoms with Crippen molar-refractivity contribution in [3.8, 4) is 16.2 Å². The molecule has 1 aromatic heterocycles. The number of sulfonamides is 1. The molecule has 1 atom stereocenters. The van der Waals surface area contributed by atoms with E-state index in [0.717, 1.165) is 16.5 Å². The van der Waals surface area contributed by atoms with Crippen molar-refractivity contribution in [2.24, 2.45) is 5.73 Å². The number of nitrogens with two attached hydrogens (primary N) is 1. The number of rotatable bonds is 8. The molecular formula is C20H20N2O5S2. The lowest BCUT2D eigenvalue weighted by molar-refractivity contribution is 0.0997. The number of amides is 1. The molecule has 0 spiro atoms. The molecule has 0 saturated carbocycles. The monoisotopic (exact) mass is 432 g/mol. The summed E-state index contributed by atoms with van der Waals surface area (Å²) < 4.78 is 32.4. The van der Waals surface area contributed by atoms with E-state index in [1.807, 2.05) is 29.6 Å². The molecule has 29 heavy (non-hydrogen) atoms. The second-order valence-corrected chi connectivity index (χ2v) is 8.91. The lowest BCUT2D eigenvalue weighted by Gasteiger charge is -2.14. The fourth-order valence-corrected chi connectivity index (χ4v) is 4.55. The second-order valence-electron chi connectivity index (χ2n) is 6.19. The molecule has 1 amide bonds. The van der Waals surface area contributed by atoms with Crippen LogP contribution in [0.1, 0.15) is 22.0 Å². The lowest BCUT2D eigenvalue weighted by Crippen LogP contribution is -2.29. The SMILES string of the molecule is COc1ccc(S(=O)(=O)NCC(O)c2ccc(-c3cccs3)cc2)cc1C(N)=O. The average molecular weight is 433 g/mol. The topological polar surface area (TPSA) is 119 Å². The van der Waals surface area contributed by atoms with Crippen LogP contribution >= 0.6 is 11.3 Å². The van der Waals surface area contributed by atoms with Gasteiger partial charge in [-0.1, -0.05) is 30.3 Å². The summed E-state index contributed by atoms with van der Waals surface area (Å²) in [5, 5.41) is 12.3. The summed E-state index contributed by atoms with van der Waals surface area (Å²) in [5.41, 5.74) is 6.84. The first kappa shape index (κ1) is 21.0. The van der Waals surface area contributed by atoms with E-state index < -0.39 is 22.0 Å². The fraction of sp³-hybridized carbons (Fsp3) is 0.150. The standard InChI is InChI=1S/C20H20N2O5S2/c1-27-18-9-8-15(11-16(18)20(21)24)29(25,26)22-12-17(23)13-4-6-14(7-5-13)19-3-2-10-28-19/h2-11,17,22-23H,12H2,1H3,(H2,21,24). The number of aliphatic hydroxyl groups excluding tert-OH is 1. The number of benzene rings is 2.